The number of piperidine rings is 1. The predicted molar refractivity (Wildman–Crippen MR) is 112 cm³/mol. The zero-order valence-electron chi connectivity index (χ0n) is 16.3. The highest BCUT2D eigenvalue weighted by Crippen LogP contribution is 2.30. The molecule has 26 heavy (non-hydrogen) atoms. The van der Waals surface area contributed by atoms with Crippen LogP contribution in [0.4, 0.5) is 4.79 Å². The molecule has 8 nitrogen and oxygen atoms in total. The molecule has 2 rings (SSSR count). The van der Waals surface area contributed by atoms with Gasteiger partial charge in [-0.15, -0.1) is 24.0 Å². The molecule has 0 aromatic rings. The Hall–Kier alpha value is -1.10. The van der Waals surface area contributed by atoms with Crippen LogP contribution >= 0.6 is 24.0 Å². The molecule has 1 unspecified atom stereocenters. The van der Waals surface area contributed by atoms with Crippen LogP contribution in [0.5, 0.6) is 0 Å². The van der Waals surface area contributed by atoms with Crippen LogP contribution in [0.3, 0.4) is 0 Å². The molecule has 0 aliphatic carbocycles. The Labute approximate surface area is 172 Å². The van der Waals surface area contributed by atoms with Crippen molar-refractivity contribution in [1.82, 2.24) is 20.9 Å². The maximum atomic E-state index is 12.1. The SMILES string of the molecule is CCNC(=NCC(C)(C)OC)N1CCC(C2(C)NC(=O)NC2=O)CC1.I. The first-order chi connectivity index (χ1) is 11.7. The van der Waals surface area contributed by atoms with Crippen molar-refractivity contribution in [3.05, 3.63) is 0 Å². The van der Waals surface area contributed by atoms with E-state index in [4.69, 9.17) is 9.73 Å². The van der Waals surface area contributed by atoms with Crippen molar-refractivity contribution in [2.45, 2.75) is 51.7 Å². The molecule has 0 spiro atoms. The Balaban J connectivity index is 0.00000338. The zero-order valence-corrected chi connectivity index (χ0v) is 18.7. The largest absolute Gasteiger partial charge is 0.377 e. The third-order valence-electron chi connectivity index (χ3n) is 5.18. The standard InChI is InChI=1S/C17H31N5O3.HI/c1-6-18-14(19-11-16(2,3)25-5)22-9-7-12(8-10-22)17(4)13(23)20-15(24)21-17;/h12H,6-11H2,1-5H3,(H,18,19)(H2,20,21,23,24);1H. The van der Waals surface area contributed by atoms with E-state index in [2.05, 4.69) is 20.9 Å². The van der Waals surface area contributed by atoms with E-state index in [9.17, 15) is 9.59 Å². The van der Waals surface area contributed by atoms with Crippen molar-refractivity contribution in [2.24, 2.45) is 10.9 Å². The van der Waals surface area contributed by atoms with Crippen LogP contribution in [0, 0.1) is 5.92 Å². The second-order valence-corrected chi connectivity index (χ2v) is 7.51. The van der Waals surface area contributed by atoms with Crippen molar-refractivity contribution in [3.63, 3.8) is 0 Å². The van der Waals surface area contributed by atoms with Gasteiger partial charge in [0.05, 0.1) is 12.1 Å². The summed E-state index contributed by atoms with van der Waals surface area (Å²) in [5, 5.41) is 8.47. The lowest BCUT2D eigenvalue weighted by Crippen LogP contribution is -2.55. The lowest BCUT2D eigenvalue weighted by Gasteiger charge is -2.40. The Morgan fingerprint density at radius 2 is 2.00 bits per heavy atom. The average Bonchev–Trinajstić information content (AvgIpc) is 2.85. The summed E-state index contributed by atoms with van der Waals surface area (Å²) in [5.41, 5.74) is -1.12. The van der Waals surface area contributed by atoms with E-state index in [1.807, 2.05) is 27.7 Å². The van der Waals surface area contributed by atoms with E-state index < -0.39 is 11.6 Å². The molecular weight excluding hydrogens is 449 g/mol. The molecule has 2 fully saturated rings. The molecule has 0 aromatic carbocycles. The number of methoxy groups -OCH3 is 1. The fraction of sp³-hybridized carbons (Fsp3) is 0.824. The van der Waals surface area contributed by atoms with Crippen molar-refractivity contribution in [3.8, 4) is 0 Å². The Morgan fingerprint density at radius 3 is 2.46 bits per heavy atom. The normalized spacial score (nSPS) is 24.8. The second kappa shape index (κ2) is 9.20. The summed E-state index contributed by atoms with van der Waals surface area (Å²) < 4.78 is 5.44. The highest BCUT2D eigenvalue weighted by atomic mass is 127. The van der Waals surface area contributed by atoms with E-state index in [-0.39, 0.29) is 41.4 Å². The number of imide groups is 1. The lowest BCUT2D eigenvalue weighted by molar-refractivity contribution is -0.125. The number of halogens is 1. The molecule has 0 aromatic heterocycles. The van der Waals surface area contributed by atoms with Gasteiger partial charge in [-0.1, -0.05) is 0 Å². The minimum atomic E-state index is -0.809. The Kier molecular flexibility index (Phi) is 8.12. The highest BCUT2D eigenvalue weighted by Gasteiger charge is 2.48. The number of hydrogen-bond acceptors (Lipinski definition) is 4. The number of nitrogens with one attached hydrogen (secondary N) is 3. The maximum Gasteiger partial charge on any atom is 0.322 e. The van der Waals surface area contributed by atoms with Gasteiger partial charge in [0.15, 0.2) is 5.96 Å². The first-order valence-corrected chi connectivity index (χ1v) is 8.94. The molecule has 2 saturated heterocycles. The first-order valence-electron chi connectivity index (χ1n) is 8.94. The summed E-state index contributed by atoms with van der Waals surface area (Å²) in [4.78, 5) is 30.5. The molecule has 0 bridgehead atoms. The number of guanidine groups is 1. The molecule has 0 saturated carbocycles. The Bertz CT molecular complexity index is 547. The number of carbonyl (C=O) groups is 2. The minimum Gasteiger partial charge on any atom is -0.377 e. The summed E-state index contributed by atoms with van der Waals surface area (Å²) >= 11 is 0. The van der Waals surface area contributed by atoms with Gasteiger partial charge in [0, 0.05) is 26.7 Å². The molecule has 3 amide bonds. The molecule has 2 heterocycles. The third-order valence-corrected chi connectivity index (χ3v) is 5.18. The third kappa shape index (κ3) is 5.21. The smallest absolute Gasteiger partial charge is 0.322 e. The lowest BCUT2D eigenvalue weighted by atomic mass is 9.79. The number of nitrogens with zero attached hydrogens (tertiary/aromatic N) is 2. The number of urea groups is 1. The van der Waals surface area contributed by atoms with Crippen molar-refractivity contribution in [1.29, 1.82) is 0 Å². The summed E-state index contributed by atoms with van der Waals surface area (Å²) in [6.07, 6.45) is 1.64. The van der Waals surface area contributed by atoms with Crippen LogP contribution in [0.1, 0.15) is 40.5 Å². The number of ether oxygens (including phenoxy) is 1. The van der Waals surface area contributed by atoms with Crippen LogP contribution in [-0.2, 0) is 9.53 Å². The van der Waals surface area contributed by atoms with E-state index in [1.165, 1.54) is 0 Å². The van der Waals surface area contributed by atoms with Crippen LogP contribution in [-0.4, -0.2) is 67.2 Å². The van der Waals surface area contributed by atoms with E-state index >= 15 is 0 Å². The van der Waals surface area contributed by atoms with E-state index in [0.717, 1.165) is 38.4 Å². The quantitative estimate of drug-likeness (QED) is 0.238. The molecule has 2 aliphatic heterocycles. The van der Waals surface area contributed by atoms with Crippen molar-refractivity contribution < 1.29 is 14.3 Å². The van der Waals surface area contributed by atoms with Gasteiger partial charge in [0.2, 0.25) is 0 Å². The maximum absolute atomic E-state index is 12.1. The van der Waals surface area contributed by atoms with Crippen LogP contribution in [0.25, 0.3) is 0 Å². The van der Waals surface area contributed by atoms with Crippen molar-refractivity contribution >= 4 is 41.9 Å². The number of amides is 3. The van der Waals surface area contributed by atoms with Crippen LogP contribution in [0.15, 0.2) is 4.99 Å². The summed E-state index contributed by atoms with van der Waals surface area (Å²) in [6.45, 7) is 10.8. The summed E-state index contributed by atoms with van der Waals surface area (Å²) in [7, 11) is 1.69. The van der Waals surface area contributed by atoms with Gasteiger partial charge in [-0.25, -0.2) is 4.79 Å². The number of likely N-dealkylation sites (tertiary alicyclic amines) is 1. The molecule has 0 radical (unpaired) electrons. The predicted octanol–water partition coefficient (Wildman–Crippen LogP) is 1.31. The van der Waals surface area contributed by atoms with Gasteiger partial charge in [-0.3, -0.25) is 15.1 Å². The molecule has 1 atom stereocenters. The monoisotopic (exact) mass is 481 g/mol. The molecule has 9 heteroatoms. The number of aliphatic imine (C=N–C) groups is 1. The fourth-order valence-electron chi connectivity index (χ4n) is 3.27. The van der Waals surface area contributed by atoms with Crippen molar-refractivity contribution in [2.75, 3.05) is 33.3 Å². The van der Waals surface area contributed by atoms with Gasteiger partial charge in [-0.05, 0) is 46.5 Å². The highest BCUT2D eigenvalue weighted by molar-refractivity contribution is 14.0. The van der Waals surface area contributed by atoms with Gasteiger partial charge < -0.3 is 20.3 Å². The number of hydrogen-bond donors (Lipinski definition) is 3. The van der Waals surface area contributed by atoms with Gasteiger partial charge >= 0.3 is 6.03 Å². The average molecular weight is 481 g/mol. The number of carbonyl (C=O) groups excluding carboxylic acids is 2. The summed E-state index contributed by atoms with van der Waals surface area (Å²) in [6, 6.07) is -0.397. The van der Waals surface area contributed by atoms with Crippen LogP contribution < -0.4 is 16.0 Å². The topological polar surface area (TPSA) is 95.1 Å². The van der Waals surface area contributed by atoms with Gasteiger partial charge in [0.1, 0.15) is 5.54 Å². The molecule has 3 N–H and O–H groups in total. The molecule has 2 aliphatic rings. The van der Waals surface area contributed by atoms with Crippen LogP contribution in [0.2, 0.25) is 0 Å². The van der Waals surface area contributed by atoms with Gasteiger partial charge in [0.25, 0.3) is 5.91 Å². The fourth-order valence-corrected chi connectivity index (χ4v) is 3.27. The summed E-state index contributed by atoms with van der Waals surface area (Å²) in [5.74, 6) is 0.767. The van der Waals surface area contributed by atoms with E-state index in [0.29, 0.717) is 6.54 Å². The minimum absolute atomic E-state index is 0. The zero-order chi connectivity index (χ0) is 18.7. The number of rotatable bonds is 5. The molecular formula is C17H32IN5O3. The van der Waals surface area contributed by atoms with E-state index in [1.54, 1.807) is 7.11 Å². The molecule has 150 valence electrons. The second-order valence-electron chi connectivity index (χ2n) is 7.51. The Morgan fingerprint density at radius 1 is 1.38 bits per heavy atom. The first kappa shape index (κ1) is 22.9. The van der Waals surface area contributed by atoms with Gasteiger partial charge in [-0.2, -0.15) is 0 Å².